The molecular formula is C17H17N5O2. The highest BCUT2D eigenvalue weighted by Gasteiger charge is 2.10. The molecule has 0 aliphatic heterocycles. The number of carbonyl (C=O) groups is 1. The SMILES string of the molecule is C[C@@H](CNC(=O)c1cccc(-n2cnnc2)c1)Oc1cccnc1. The van der Waals surface area contributed by atoms with Crippen LogP contribution in [-0.2, 0) is 0 Å². The van der Waals surface area contributed by atoms with E-state index in [9.17, 15) is 4.79 Å². The molecular weight excluding hydrogens is 306 g/mol. The molecule has 0 bridgehead atoms. The molecule has 1 atom stereocenters. The lowest BCUT2D eigenvalue weighted by Gasteiger charge is -2.15. The topological polar surface area (TPSA) is 81.9 Å². The molecule has 0 aliphatic carbocycles. The summed E-state index contributed by atoms with van der Waals surface area (Å²) in [6.07, 6.45) is 6.32. The maximum absolute atomic E-state index is 12.3. The Kier molecular flexibility index (Phi) is 4.81. The van der Waals surface area contributed by atoms with Crippen molar-refractivity contribution >= 4 is 5.91 Å². The van der Waals surface area contributed by atoms with E-state index >= 15 is 0 Å². The molecule has 1 aromatic carbocycles. The maximum atomic E-state index is 12.3. The standard InChI is InChI=1S/C17H17N5O2/c1-13(24-16-6-3-7-18-10-16)9-19-17(23)14-4-2-5-15(8-14)22-11-20-21-12-22/h2-8,10-13H,9H2,1H3,(H,19,23)/t13-/m0/s1. The van der Waals surface area contributed by atoms with Gasteiger partial charge in [-0.25, -0.2) is 0 Å². The summed E-state index contributed by atoms with van der Waals surface area (Å²) < 4.78 is 7.43. The van der Waals surface area contributed by atoms with Gasteiger partial charge in [-0.1, -0.05) is 6.07 Å². The van der Waals surface area contributed by atoms with E-state index in [1.54, 1.807) is 47.8 Å². The van der Waals surface area contributed by atoms with Crippen molar-refractivity contribution in [2.45, 2.75) is 13.0 Å². The fraction of sp³-hybridized carbons (Fsp3) is 0.176. The van der Waals surface area contributed by atoms with Gasteiger partial charge in [-0.05, 0) is 37.3 Å². The highest BCUT2D eigenvalue weighted by atomic mass is 16.5. The van der Waals surface area contributed by atoms with Gasteiger partial charge in [0.25, 0.3) is 5.91 Å². The molecule has 7 heteroatoms. The number of ether oxygens (including phenoxy) is 1. The molecule has 2 aromatic heterocycles. The van der Waals surface area contributed by atoms with Gasteiger partial charge in [0.2, 0.25) is 0 Å². The van der Waals surface area contributed by atoms with Gasteiger partial charge < -0.3 is 10.1 Å². The van der Waals surface area contributed by atoms with Crippen molar-refractivity contribution in [3.8, 4) is 11.4 Å². The first-order valence-corrected chi connectivity index (χ1v) is 7.52. The van der Waals surface area contributed by atoms with Gasteiger partial charge in [-0.2, -0.15) is 0 Å². The van der Waals surface area contributed by atoms with Crippen molar-refractivity contribution < 1.29 is 9.53 Å². The van der Waals surface area contributed by atoms with E-state index in [0.717, 1.165) is 5.69 Å². The number of pyridine rings is 1. The second-order valence-corrected chi connectivity index (χ2v) is 5.25. The van der Waals surface area contributed by atoms with Gasteiger partial charge in [0.05, 0.1) is 12.7 Å². The van der Waals surface area contributed by atoms with Crippen LogP contribution in [0.5, 0.6) is 5.75 Å². The van der Waals surface area contributed by atoms with Crippen LogP contribution in [0.1, 0.15) is 17.3 Å². The van der Waals surface area contributed by atoms with Crippen LogP contribution in [0.15, 0.2) is 61.4 Å². The third-order valence-corrected chi connectivity index (χ3v) is 3.35. The molecule has 0 saturated heterocycles. The molecule has 0 saturated carbocycles. The molecule has 1 N–H and O–H groups in total. The second-order valence-electron chi connectivity index (χ2n) is 5.25. The molecule has 122 valence electrons. The Morgan fingerprint density at radius 1 is 1.25 bits per heavy atom. The van der Waals surface area contributed by atoms with Crippen LogP contribution < -0.4 is 10.1 Å². The van der Waals surface area contributed by atoms with Crippen molar-refractivity contribution in [1.29, 1.82) is 0 Å². The third-order valence-electron chi connectivity index (χ3n) is 3.35. The first-order chi connectivity index (χ1) is 11.7. The number of amides is 1. The monoisotopic (exact) mass is 323 g/mol. The Labute approximate surface area is 139 Å². The zero-order chi connectivity index (χ0) is 16.8. The molecule has 2 heterocycles. The Balaban J connectivity index is 1.58. The van der Waals surface area contributed by atoms with Crippen LogP contribution in [0.4, 0.5) is 0 Å². The van der Waals surface area contributed by atoms with Crippen molar-refractivity contribution in [1.82, 2.24) is 25.1 Å². The van der Waals surface area contributed by atoms with E-state index < -0.39 is 0 Å². The number of carbonyl (C=O) groups excluding carboxylic acids is 1. The van der Waals surface area contributed by atoms with Gasteiger partial charge in [-0.15, -0.1) is 10.2 Å². The normalized spacial score (nSPS) is 11.7. The summed E-state index contributed by atoms with van der Waals surface area (Å²) in [4.78, 5) is 16.3. The predicted octanol–water partition coefficient (Wildman–Crippen LogP) is 1.86. The number of aromatic nitrogens is 4. The van der Waals surface area contributed by atoms with Gasteiger partial charge in [0.1, 0.15) is 24.5 Å². The zero-order valence-corrected chi connectivity index (χ0v) is 13.2. The first-order valence-electron chi connectivity index (χ1n) is 7.52. The van der Waals surface area contributed by atoms with Gasteiger partial charge >= 0.3 is 0 Å². The van der Waals surface area contributed by atoms with Crippen molar-refractivity contribution in [2.24, 2.45) is 0 Å². The zero-order valence-electron chi connectivity index (χ0n) is 13.2. The van der Waals surface area contributed by atoms with Crippen molar-refractivity contribution in [3.05, 3.63) is 67.0 Å². The van der Waals surface area contributed by atoms with Crippen LogP contribution in [0.25, 0.3) is 5.69 Å². The van der Waals surface area contributed by atoms with Crippen LogP contribution in [0.2, 0.25) is 0 Å². The Hall–Kier alpha value is -3.22. The summed E-state index contributed by atoms with van der Waals surface area (Å²) in [5.74, 6) is 0.514. The quantitative estimate of drug-likeness (QED) is 0.749. The van der Waals surface area contributed by atoms with Crippen LogP contribution in [0, 0.1) is 0 Å². The molecule has 3 rings (SSSR count). The largest absolute Gasteiger partial charge is 0.487 e. The van der Waals surface area contributed by atoms with Crippen LogP contribution >= 0.6 is 0 Å². The molecule has 0 radical (unpaired) electrons. The summed E-state index contributed by atoms with van der Waals surface area (Å²) in [6, 6.07) is 10.9. The number of nitrogens with zero attached hydrogens (tertiary/aromatic N) is 4. The molecule has 1 amide bonds. The predicted molar refractivity (Wildman–Crippen MR) is 88.0 cm³/mol. The minimum atomic E-state index is -0.167. The molecule has 7 nitrogen and oxygen atoms in total. The average molecular weight is 323 g/mol. The van der Waals surface area contributed by atoms with E-state index in [-0.39, 0.29) is 12.0 Å². The highest BCUT2D eigenvalue weighted by molar-refractivity contribution is 5.94. The fourth-order valence-electron chi connectivity index (χ4n) is 2.17. The number of hydrogen-bond donors (Lipinski definition) is 1. The second kappa shape index (κ2) is 7.36. The molecule has 0 aliphatic rings. The summed E-state index contributed by atoms with van der Waals surface area (Å²) in [7, 11) is 0. The number of rotatable bonds is 6. The van der Waals surface area contributed by atoms with Gasteiger partial charge in [-0.3, -0.25) is 14.3 Å². The average Bonchev–Trinajstić information content (AvgIpc) is 3.15. The fourth-order valence-corrected chi connectivity index (χ4v) is 2.17. The van der Waals surface area contributed by atoms with E-state index in [0.29, 0.717) is 17.9 Å². The van der Waals surface area contributed by atoms with Crippen molar-refractivity contribution in [3.63, 3.8) is 0 Å². The Morgan fingerprint density at radius 2 is 2.08 bits per heavy atom. The van der Waals surface area contributed by atoms with Crippen LogP contribution in [-0.4, -0.2) is 38.3 Å². The minimum absolute atomic E-state index is 0.161. The Bertz CT molecular complexity index is 790. The lowest BCUT2D eigenvalue weighted by Crippen LogP contribution is -2.33. The van der Waals surface area contributed by atoms with E-state index in [2.05, 4.69) is 20.5 Å². The van der Waals surface area contributed by atoms with E-state index in [4.69, 9.17) is 4.74 Å². The summed E-state index contributed by atoms with van der Waals surface area (Å²) in [6.45, 7) is 2.28. The highest BCUT2D eigenvalue weighted by Crippen LogP contribution is 2.11. The first kappa shape index (κ1) is 15.7. The smallest absolute Gasteiger partial charge is 0.251 e. The van der Waals surface area contributed by atoms with E-state index in [1.165, 1.54) is 0 Å². The minimum Gasteiger partial charge on any atom is -0.487 e. The van der Waals surface area contributed by atoms with E-state index in [1.807, 2.05) is 25.1 Å². The van der Waals surface area contributed by atoms with Gasteiger partial charge in [0, 0.05) is 17.4 Å². The molecule has 0 spiro atoms. The van der Waals surface area contributed by atoms with Crippen LogP contribution in [0.3, 0.4) is 0 Å². The summed E-state index contributed by atoms with van der Waals surface area (Å²) >= 11 is 0. The molecule has 0 unspecified atom stereocenters. The van der Waals surface area contributed by atoms with Crippen molar-refractivity contribution in [2.75, 3.05) is 6.54 Å². The third kappa shape index (κ3) is 3.95. The molecule has 0 fully saturated rings. The number of benzene rings is 1. The summed E-state index contributed by atoms with van der Waals surface area (Å²) in [5, 5.41) is 10.4. The number of hydrogen-bond acceptors (Lipinski definition) is 5. The molecule has 24 heavy (non-hydrogen) atoms. The Morgan fingerprint density at radius 3 is 2.83 bits per heavy atom. The lowest BCUT2D eigenvalue weighted by molar-refractivity contribution is 0.0932. The lowest BCUT2D eigenvalue weighted by atomic mass is 10.2. The van der Waals surface area contributed by atoms with Gasteiger partial charge in [0.15, 0.2) is 0 Å². The maximum Gasteiger partial charge on any atom is 0.251 e. The summed E-state index contributed by atoms with van der Waals surface area (Å²) in [5.41, 5.74) is 1.39. The molecule has 3 aromatic rings. The number of nitrogens with one attached hydrogen (secondary N) is 1.